The number of nitrogens with zero attached hydrogens (tertiary/aromatic N) is 6. The minimum atomic E-state index is -0.402. The van der Waals surface area contributed by atoms with Gasteiger partial charge in [0.2, 0.25) is 0 Å². The monoisotopic (exact) mass is 364 g/mol. The lowest BCUT2D eigenvalue weighted by molar-refractivity contribution is 0.0526. The Morgan fingerprint density at radius 2 is 1.89 bits per heavy atom. The fourth-order valence-corrected chi connectivity index (χ4v) is 2.77. The maximum absolute atomic E-state index is 12.9. The SMILES string of the molecule is CCOC(=O)c1ccc(-n2ccc3c(nnc4nc(CC)nn43)c2=O)cc1. The molecule has 0 amide bonds. The van der Waals surface area contributed by atoms with Gasteiger partial charge in [-0.2, -0.15) is 9.50 Å². The number of benzene rings is 1. The Kier molecular flexibility index (Phi) is 4.11. The highest BCUT2D eigenvalue weighted by atomic mass is 16.5. The van der Waals surface area contributed by atoms with Gasteiger partial charge in [-0.1, -0.05) is 6.92 Å². The van der Waals surface area contributed by atoms with Gasteiger partial charge in [0.25, 0.3) is 11.3 Å². The van der Waals surface area contributed by atoms with Crippen LogP contribution in [0.2, 0.25) is 0 Å². The quantitative estimate of drug-likeness (QED) is 0.506. The molecule has 0 aliphatic rings. The van der Waals surface area contributed by atoms with E-state index in [0.717, 1.165) is 0 Å². The van der Waals surface area contributed by atoms with Gasteiger partial charge in [0.1, 0.15) is 5.52 Å². The third kappa shape index (κ3) is 2.82. The molecule has 0 radical (unpaired) electrons. The van der Waals surface area contributed by atoms with Gasteiger partial charge < -0.3 is 4.74 Å². The Bertz CT molecular complexity index is 1210. The normalized spacial score (nSPS) is 11.2. The van der Waals surface area contributed by atoms with Crippen molar-refractivity contribution in [3.8, 4) is 5.69 Å². The molecule has 0 spiro atoms. The van der Waals surface area contributed by atoms with Crippen LogP contribution in [0.1, 0.15) is 30.0 Å². The number of aromatic nitrogens is 6. The first kappa shape index (κ1) is 16.8. The first-order valence-corrected chi connectivity index (χ1v) is 8.53. The Hall–Kier alpha value is -3.62. The van der Waals surface area contributed by atoms with Gasteiger partial charge in [0.15, 0.2) is 11.3 Å². The van der Waals surface area contributed by atoms with Crippen molar-refractivity contribution in [1.82, 2.24) is 29.4 Å². The largest absolute Gasteiger partial charge is 0.462 e. The third-order valence-corrected chi connectivity index (χ3v) is 4.12. The molecule has 4 rings (SSSR count). The van der Waals surface area contributed by atoms with Gasteiger partial charge in [-0.3, -0.25) is 9.36 Å². The topological polar surface area (TPSA) is 104 Å². The zero-order chi connectivity index (χ0) is 19.0. The van der Waals surface area contributed by atoms with Crippen LogP contribution < -0.4 is 5.56 Å². The van der Waals surface area contributed by atoms with Gasteiger partial charge in [0.05, 0.1) is 12.2 Å². The summed E-state index contributed by atoms with van der Waals surface area (Å²) in [5.74, 6) is 0.590. The number of carbonyl (C=O) groups is 1. The summed E-state index contributed by atoms with van der Waals surface area (Å²) >= 11 is 0. The molecule has 4 aromatic rings. The Balaban J connectivity index is 1.81. The number of pyridine rings is 1. The molecule has 0 unspecified atom stereocenters. The minimum Gasteiger partial charge on any atom is -0.462 e. The van der Waals surface area contributed by atoms with Crippen molar-refractivity contribution in [1.29, 1.82) is 0 Å². The summed E-state index contributed by atoms with van der Waals surface area (Å²) in [5.41, 5.74) is 1.42. The second kappa shape index (κ2) is 6.60. The minimum absolute atomic E-state index is 0.187. The van der Waals surface area contributed by atoms with Crippen molar-refractivity contribution >= 4 is 22.8 Å². The molecule has 0 fully saturated rings. The molecule has 27 heavy (non-hydrogen) atoms. The number of ether oxygens (including phenoxy) is 1. The van der Waals surface area contributed by atoms with Gasteiger partial charge in [-0.25, -0.2) is 4.79 Å². The van der Waals surface area contributed by atoms with Crippen molar-refractivity contribution in [2.45, 2.75) is 20.3 Å². The number of hydrogen-bond donors (Lipinski definition) is 0. The van der Waals surface area contributed by atoms with E-state index < -0.39 is 5.97 Å². The zero-order valence-corrected chi connectivity index (χ0v) is 14.8. The number of carbonyl (C=O) groups excluding carboxylic acids is 1. The summed E-state index contributed by atoms with van der Waals surface area (Å²) in [7, 11) is 0. The van der Waals surface area contributed by atoms with Crippen LogP contribution in [-0.4, -0.2) is 41.9 Å². The first-order chi connectivity index (χ1) is 13.1. The standard InChI is InChI=1S/C18H16N6O3/c1-3-14-19-18-21-20-15-13(24(18)22-14)9-10-23(16(15)25)12-7-5-11(6-8-12)17(26)27-4-2/h5-10H,3-4H2,1-2H3. The molecule has 0 atom stereocenters. The summed E-state index contributed by atoms with van der Waals surface area (Å²) in [6.45, 7) is 3.99. The molecule has 136 valence electrons. The van der Waals surface area contributed by atoms with E-state index in [1.54, 1.807) is 43.5 Å². The van der Waals surface area contributed by atoms with E-state index in [4.69, 9.17) is 4.74 Å². The van der Waals surface area contributed by atoms with Crippen LogP contribution in [0.5, 0.6) is 0 Å². The van der Waals surface area contributed by atoms with E-state index in [0.29, 0.717) is 41.4 Å². The summed E-state index contributed by atoms with van der Waals surface area (Å²) in [6.07, 6.45) is 2.30. The fourth-order valence-electron chi connectivity index (χ4n) is 2.77. The summed E-state index contributed by atoms with van der Waals surface area (Å²) in [6, 6.07) is 8.32. The second-order valence-corrected chi connectivity index (χ2v) is 5.79. The van der Waals surface area contributed by atoms with Gasteiger partial charge in [0, 0.05) is 18.3 Å². The highest BCUT2D eigenvalue weighted by Crippen LogP contribution is 2.13. The number of rotatable bonds is 4. The predicted octanol–water partition coefficient (Wildman–Crippen LogP) is 1.56. The van der Waals surface area contributed by atoms with Crippen LogP contribution in [0.15, 0.2) is 41.3 Å². The molecule has 9 heteroatoms. The van der Waals surface area contributed by atoms with E-state index in [1.807, 2.05) is 6.92 Å². The second-order valence-electron chi connectivity index (χ2n) is 5.79. The van der Waals surface area contributed by atoms with Crippen LogP contribution in [0, 0.1) is 0 Å². The third-order valence-electron chi connectivity index (χ3n) is 4.12. The maximum Gasteiger partial charge on any atom is 0.338 e. The van der Waals surface area contributed by atoms with Crippen LogP contribution >= 0.6 is 0 Å². The van der Waals surface area contributed by atoms with Crippen LogP contribution in [0.25, 0.3) is 22.5 Å². The molecule has 0 aliphatic carbocycles. The van der Waals surface area contributed by atoms with Crippen molar-refractivity contribution in [2.75, 3.05) is 6.61 Å². The van der Waals surface area contributed by atoms with Crippen molar-refractivity contribution in [2.24, 2.45) is 0 Å². The average molecular weight is 364 g/mol. The molecule has 1 aromatic carbocycles. The smallest absolute Gasteiger partial charge is 0.338 e. The van der Waals surface area contributed by atoms with E-state index in [2.05, 4.69) is 20.3 Å². The van der Waals surface area contributed by atoms with Crippen LogP contribution in [0.3, 0.4) is 0 Å². The first-order valence-electron chi connectivity index (χ1n) is 8.53. The summed E-state index contributed by atoms with van der Waals surface area (Å²) in [5, 5.41) is 12.4. The molecular formula is C18H16N6O3. The number of hydrogen-bond acceptors (Lipinski definition) is 7. The van der Waals surface area contributed by atoms with Gasteiger partial charge in [-0.15, -0.1) is 15.3 Å². The summed E-state index contributed by atoms with van der Waals surface area (Å²) < 4.78 is 7.93. The highest BCUT2D eigenvalue weighted by molar-refractivity contribution is 5.89. The van der Waals surface area contributed by atoms with Crippen LogP contribution in [0.4, 0.5) is 0 Å². The molecule has 0 N–H and O–H groups in total. The predicted molar refractivity (Wildman–Crippen MR) is 97.0 cm³/mol. The molecule has 0 bridgehead atoms. The van der Waals surface area contributed by atoms with Gasteiger partial charge >= 0.3 is 5.97 Å². The zero-order valence-electron chi connectivity index (χ0n) is 14.8. The van der Waals surface area contributed by atoms with Crippen molar-refractivity contribution in [3.63, 3.8) is 0 Å². The van der Waals surface area contributed by atoms with Crippen molar-refractivity contribution in [3.05, 3.63) is 58.3 Å². The lowest BCUT2D eigenvalue weighted by Crippen LogP contribution is -2.20. The van der Waals surface area contributed by atoms with Crippen molar-refractivity contribution < 1.29 is 9.53 Å². The molecule has 3 heterocycles. The summed E-state index contributed by atoms with van der Waals surface area (Å²) in [4.78, 5) is 28.9. The Morgan fingerprint density at radius 1 is 1.11 bits per heavy atom. The number of esters is 1. The van der Waals surface area contributed by atoms with Crippen LogP contribution in [-0.2, 0) is 11.2 Å². The van der Waals surface area contributed by atoms with E-state index in [-0.39, 0.29) is 11.1 Å². The highest BCUT2D eigenvalue weighted by Gasteiger charge is 2.13. The number of fused-ring (bicyclic) bond motifs is 3. The molecule has 3 aromatic heterocycles. The maximum atomic E-state index is 12.9. The van der Waals surface area contributed by atoms with E-state index in [1.165, 1.54) is 9.08 Å². The Labute approximate surface area is 153 Å². The lowest BCUT2D eigenvalue weighted by atomic mass is 10.2. The Morgan fingerprint density at radius 3 is 2.59 bits per heavy atom. The fraction of sp³-hybridized carbons (Fsp3) is 0.222. The molecular weight excluding hydrogens is 348 g/mol. The van der Waals surface area contributed by atoms with E-state index in [9.17, 15) is 9.59 Å². The molecule has 0 aliphatic heterocycles. The molecule has 9 nitrogen and oxygen atoms in total. The lowest BCUT2D eigenvalue weighted by Gasteiger charge is -2.08. The van der Waals surface area contributed by atoms with Gasteiger partial charge in [-0.05, 0) is 37.3 Å². The average Bonchev–Trinajstić information content (AvgIpc) is 3.12. The molecule has 0 saturated carbocycles. The molecule has 0 saturated heterocycles. The van der Waals surface area contributed by atoms with E-state index >= 15 is 0 Å². The number of aryl methyl sites for hydroxylation is 1.